The number of hydrogen-bond acceptors (Lipinski definition) is 5. The molecule has 22 heavy (non-hydrogen) atoms. The molecule has 0 radical (unpaired) electrons. The minimum atomic E-state index is -0.515. The van der Waals surface area contributed by atoms with Crippen molar-refractivity contribution in [1.29, 1.82) is 0 Å². The van der Waals surface area contributed by atoms with E-state index >= 15 is 0 Å². The number of benzene rings is 1. The number of methoxy groups -OCH3 is 1. The Morgan fingerprint density at radius 1 is 1.27 bits per heavy atom. The highest BCUT2D eigenvalue weighted by atomic mass is 35.5. The van der Waals surface area contributed by atoms with Crippen LogP contribution in [0.2, 0.25) is 10.0 Å². The zero-order valence-corrected chi connectivity index (χ0v) is 13.7. The number of rotatable bonds is 6. The van der Waals surface area contributed by atoms with Crippen molar-refractivity contribution < 1.29 is 19.0 Å². The summed E-state index contributed by atoms with van der Waals surface area (Å²) in [6.07, 6.45) is 1.38. The molecule has 5 nitrogen and oxygen atoms in total. The molecule has 0 amide bonds. The molecular formula is C15H15Cl2NO4. The van der Waals surface area contributed by atoms with Crippen LogP contribution in [0.25, 0.3) is 10.9 Å². The third-order valence-electron chi connectivity index (χ3n) is 2.90. The van der Waals surface area contributed by atoms with Crippen LogP contribution in [0.1, 0.15) is 17.3 Å². The van der Waals surface area contributed by atoms with Crippen LogP contribution in [0.5, 0.6) is 5.75 Å². The monoisotopic (exact) mass is 343 g/mol. The number of aromatic nitrogens is 1. The second-order valence-corrected chi connectivity index (χ2v) is 5.13. The van der Waals surface area contributed by atoms with Crippen molar-refractivity contribution in [2.24, 2.45) is 0 Å². The van der Waals surface area contributed by atoms with Gasteiger partial charge in [-0.3, -0.25) is 4.98 Å². The van der Waals surface area contributed by atoms with E-state index in [0.717, 1.165) is 0 Å². The smallest absolute Gasteiger partial charge is 0.341 e. The molecule has 118 valence electrons. The molecule has 0 bridgehead atoms. The first-order valence-corrected chi connectivity index (χ1v) is 7.40. The van der Waals surface area contributed by atoms with Gasteiger partial charge in [0.2, 0.25) is 0 Å². The molecule has 0 aliphatic heterocycles. The molecule has 0 fully saturated rings. The average Bonchev–Trinajstić information content (AvgIpc) is 2.49. The zero-order chi connectivity index (χ0) is 16.1. The lowest BCUT2D eigenvalue weighted by atomic mass is 10.1. The van der Waals surface area contributed by atoms with Crippen LogP contribution in [0.3, 0.4) is 0 Å². The highest BCUT2D eigenvalue weighted by Crippen LogP contribution is 2.34. The van der Waals surface area contributed by atoms with Crippen LogP contribution in [0.4, 0.5) is 0 Å². The molecule has 1 heterocycles. The molecule has 2 aromatic rings. The van der Waals surface area contributed by atoms with E-state index in [2.05, 4.69) is 4.98 Å². The third-order valence-corrected chi connectivity index (χ3v) is 3.60. The van der Waals surface area contributed by atoms with Gasteiger partial charge >= 0.3 is 5.97 Å². The fraction of sp³-hybridized carbons (Fsp3) is 0.333. The summed E-state index contributed by atoms with van der Waals surface area (Å²) in [5, 5.41) is 1.21. The number of ether oxygens (including phenoxy) is 3. The number of carbonyl (C=O) groups excluding carboxylic acids is 1. The zero-order valence-electron chi connectivity index (χ0n) is 12.2. The van der Waals surface area contributed by atoms with Crippen molar-refractivity contribution in [1.82, 2.24) is 4.98 Å². The Morgan fingerprint density at radius 3 is 2.73 bits per heavy atom. The number of carbonyl (C=O) groups is 1. The number of fused-ring (bicyclic) bond motifs is 1. The van der Waals surface area contributed by atoms with E-state index in [1.165, 1.54) is 6.20 Å². The van der Waals surface area contributed by atoms with E-state index < -0.39 is 5.97 Å². The molecule has 0 aliphatic carbocycles. The Hall–Kier alpha value is -1.56. The Labute approximate surface area is 138 Å². The van der Waals surface area contributed by atoms with Crippen LogP contribution in [-0.2, 0) is 9.47 Å². The number of nitrogens with zero attached hydrogens (tertiary/aromatic N) is 1. The Balaban J connectivity index is 2.40. The molecule has 1 aromatic carbocycles. The lowest BCUT2D eigenvalue weighted by Gasteiger charge is -2.11. The van der Waals surface area contributed by atoms with Gasteiger partial charge in [0, 0.05) is 24.8 Å². The van der Waals surface area contributed by atoms with Gasteiger partial charge in [-0.15, -0.1) is 0 Å². The molecule has 0 aliphatic rings. The van der Waals surface area contributed by atoms with Crippen LogP contribution in [0, 0.1) is 0 Å². The standard InChI is InChI=1S/C15H15Cl2NO4/c1-3-21-15(19)10-8-18-12-7-13(22-5-4-20-2)11(16)6-9(12)14(10)17/h6-8H,3-5H2,1-2H3. The van der Waals surface area contributed by atoms with Crippen molar-refractivity contribution in [3.8, 4) is 5.75 Å². The molecule has 0 atom stereocenters. The van der Waals surface area contributed by atoms with Gasteiger partial charge in [0.15, 0.2) is 0 Å². The van der Waals surface area contributed by atoms with E-state index in [9.17, 15) is 4.79 Å². The SMILES string of the molecule is CCOC(=O)c1cnc2cc(OCCOC)c(Cl)cc2c1Cl. The highest BCUT2D eigenvalue weighted by molar-refractivity contribution is 6.39. The summed E-state index contributed by atoms with van der Waals surface area (Å²) in [6.45, 7) is 2.81. The summed E-state index contributed by atoms with van der Waals surface area (Å²) in [5.41, 5.74) is 0.787. The van der Waals surface area contributed by atoms with Gasteiger partial charge in [0.05, 0.1) is 34.3 Å². The Morgan fingerprint density at radius 2 is 2.05 bits per heavy atom. The topological polar surface area (TPSA) is 57.7 Å². The minimum Gasteiger partial charge on any atom is -0.490 e. The summed E-state index contributed by atoms with van der Waals surface area (Å²) in [7, 11) is 1.59. The second-order valence-electron chi connectivity index (χ2n) is 4.35. The van der Waals surface area contributed by atoms with Gasteiger partial charge in [0.1, 0.15) is 12.4 Å². The predicted molar refractivity (Wildman–Crippen MR) is 85.1 cm³/mol. The van der Waals surface area contributed by atoms with Crippen molar-refractivity contribution in [3.05, 3.63) is 33.9 Å². The summed E-state index contributed by atoms with van der Waals surface area (Å²) in [6, 6.07) is 3.30. The third kappa shape index (κ3) is 3.61. The first-order chi connectivity index (χ1) is 10.6. The maximum atomic E-state index is 11.8. The Bertz CT molecular complexity index is 691. The quantitative estimate of drug-likeness (QED) is 0.590. The lowest BCUT2D eigenvalue weighted by molar-refractivity contribution is 0.0526. The first-order valence-electron chi connectivity index (χ1n) is 6.65. The summed E-state index contributed by atoms with van der Waals surface area (Å²) in [5.74, 6) is -0.0305. The molecule has 0 N–H and O–H groups in total. The number of esters is 1. The average molecular weight is 344 g/mol. The molecular weight excluding hydrogens is 329 g/mol. The predicted octanol–water partition coefficient (Wildman–Crippen LogP) is 3.74. The van der Waals surface area contributed by atoms with Gasteiger partial charge in [-0.05, 0) is 13.0 Å². The van der Waals surface area contributed by atoms with Crippen LogP contribution in [0.15, 0.2) is 18.3 Å². The Kier molecular flexibility index (Phi) is 5.83. The van der Waals surface area contributed by atoms with Gasteiger partial charge in [-0.1, -0.05) is 23.2 Å². The van der Waals surface area contributed by atoms with Gasteiger partial charge in [-0.25, -0.2) is 4.79 Å². The van der Waals surface area contributed by atoms with Gasteiger partial charge in [-0.2, -0.15) is 0 Å². The maximum absolute atomic E-state index is 11.8. The normalized spacial score (nSPS) is 10.7. The van der Waals surface area contributed by atoms with E-state index in [1.807, 2.05) is 0 Å². The van der Waals surface area contributed by atoms with Crippen molar-refractivity contribution >= 4 is 40.1 Å². The molecule has 0 unspecified atom stereocenters. The van der Waals surface area contributed by atoms with E-state index in [0.29, 0.717) is 34.9 Å². The van der Waals surface area contributed by atoms with Gasteiger partial charge in [0.25, 0.3) is 0 Å². The minimum absolute atomic E-state index is 0.208. The second kappa shape index (κ2) is 7.63. The maximum Gasteiger partial charge on any atom is 0.341 e. The fourth-order valence-corrected chi connectivity index (χ4v) is 2.35. The molecule has 0 saturated carbocycles. The van der Waals surface area contributed by atoms with Crippen LogP contribution in [-0.4, -0.2) is 37.9 Å². The van der Waals surface area contributed by atoms with Gasteiger partial charge < -0.3 is 14.2 Å². The summed E-state index contributed by atoms with van der Waals surface area (Å²) in [4.78, 5) is 16.0. The van der Waals surface area contributed by atoms with Crippen molar-refractivity contribution in [2.75, 3.05) is 26.9 Å². The molecule has 2 rings (SSSR count). The largest absolute Gasteiger partial charge is 0.490 e. The summed E-state index contributed by atoms with van der Waals surface area (Å²) >= 11 is 12.4. The molecule has 0 spiro atoms. The molecule has 7 heteroatoms. The number of halogens is 2. The number of hydrogen-bond donors (Lipinski definition) is 0. The van der Waals surface area contributed by atoms with Crippen LogP contribution < -0.4 is 4.74 Å². The van der Waals surface area contributed by atoms with Crippen molar-refractivity contribution in [3.63, 3.8) is 0 Å². The van der Waals surface area contributed by atoms with Crippen LogP contribution >= 0.6 is 23.2 Å². The molecule has 1 aromatic heterocycles. The van der Waals surface area contributed by atoms with E-state index in [1.54, 1.807) is 26.2 Å². The number of pyridine rings is 1. The van der Waals surface area contributed by atoms with E-state index in [-0.39, 0.29) is 17.2 Å². The lowest BCUT2D eigenvalue weighted by Crippen LogP contribution is -2.07. The molecule has 0 saturated heterocycles. The van der Waals surface area contributed by atoms with Crippen molar-refractivity contribution in [2.45, 2.75) is 6.92 Å². The summed E-state index contributed by atoms with van der Waals surface area (Å²) < 4.78 is 15.4. The highest BCUT2D eigenvalue weighted by Gasteiger charge is 2.16. The van der Waals surface area contributed by atoms with E-state index in [4.69, 9.17) is 37.4 Å². The first kappa shape index (κ1) is 16.8. The fourth-order valence-electron chi connectivity index (χ4n) is 1.86.